The van der Waals surface area contributed by atoms with Crippen molar-refractivity contribution in [3.8, 4) is 17.1 Å². The number of ether oxygens (including phenoxy) is 2. The molecule has 1 N–H and O–H groups in total. The van der Waals surface area contributed by atoms with Gasteiger partial charge in [0.1, 0.15) is 10.8 Å². The van der Waals surface area contributed by atoms with Crippen LogP contribution in [-0.2, 0) is 22.6 Å². The van der Waals surface area contributed by atoms with Crippen LogP contribution in [0.5, 0.6) is 5.75 Å². The highest BCUT2D eigenvalue weighted by Crippen LogP contribution is 2.34. The lowest BCUT2D eigenvalue weighted by Crippen LogP contribution is -2.33. The Morgan fingerprint density at radius 3 is 2.68 bits per heavy atom. The molecule has 0 unspecified atom stereocenters. The lowest BCUT2D eigenvalue weighted by Gasteiger charge is -2.32. The second kappa shape index (κ2) is 7.01. The van der Waals surface area contributed by atoms with Gasteiger partial charge in [-0.2, -0.15) is 0 Å². The van der Waals surface area contributed by atoms with Gasteiger partial charge in [-0.25, -0.2) is 9.97 Å². The van der Waals surface area contributed by atoms with Crippen molar-refractivity contribution in [1.82, 2.24) is 9.97 Å². The predicted octanol–water partition coefficient (Wildman–Crippen LogP) is 3.18. The Kier molecular flexibility index (Phi) is 4.96. The van der Waals surface area contributed by atoms with Crippen LogP contribution in [0, 0.1) is 0 Å². The van der Waals surface area contributed by atoms with Crippen molar-refractivity contribution < 1.29 is 19.4 Å². The van der Waals surface area contributed by atoms with E-state index in [0.29, 0.717) is 23.9 Å². The van der Waals surface area contributed by atoms with Gasteiger partial charge in [0.2, 0.25) is 0 Å². The molecule has 1 aliphatic heterocycles. The molecule has 132 valence electrons. The average molecular weight is 360 g/mol. The lowest BCUT2D eigenvalue weighted by atomic mass is 9.96. The quantitative estimate of drug-likeness (QED) is 0.648. The smallest absolute Gasteiger partial charge is 0.313 e. The third-order valence-corrected chi connectivity index (χ3v) is 4.94. The molecule has 0 aliphatic carbocycles. The maximum atomic E-state index is 11.0. The summed E-state index contributed by atoms with van der Waals surface area (Å²) >= 11 is 1.20. The van der Waals surface area contributed by atoms with Gasteiger partial charge in [0.05, 0.1) is 30.8 Å². The Hall–Kier alpha value is -2.12. The Bertz CT molecular complexity index is 790. The molecule has 0 atom stereocenters. The predicted molar refractivity (Wildman–Crippen MR) is 95.0 cm³/mol. The molecule has 0 spiro atoms. The summed E-state index contributed by atoms with van der Waals surface area (Å²) in [6, 6.07) is 7.51. The van der Waals surface area contributed by atoms with Crippen LogP contribution in [0.15, 0.2) is 29.3 Å². The first kappa shape index (κ1) is 17.7. The van der Waals surface area contributed by atoms with E-state index in [-0.39, 0.29) is 11.4 Å². The van der Waals surface area contributed by atoms with Crippen molar-refractivity contribution in [2.24, 2.45) is 0 Å². The van der Waals surface area contributed by atoms with E-state index < -0.39 is 5.97 Å². The first-order chi connectivity index (χ1) is 11.9. The zero-order valence-electron chi connectivity index (χ0n) is 14.4. The Labute approximate surface area is 150 Å². The second-order valence-electron chi connectivity index (χ2n) is 6.41. The van der Waals surface area contributed by atoms with E-state index in [0.717, 1.165) is 22.6 Å². The fraction of sp³-hybridized carbons (Fsp3) is 0.389. The van der Waals surface area contributed by atoms with Gasteiger partial charge in [0.15, 0.2) is 5.82 Å². The number of methoxy groups -OCH3 is 1. The van der Waals surface area contributed by atoms with Gasteiger partial charge in [-0.15, -0.1) is 0 Å². The van der Waals surface area contributed by atoms with Crippen LogP contribution in [0.2, 0.25) is 0 Å². The zero-order valence-corrected chi connectivity index (χ0v) is 15.2. The van der Waals surface area contributed by atoms with E-state index in [4.69, 9.17) is 19.6 Å². The SMILES string of the molecule is COc1ccc(-c2nc3c(c(SCC(=O)O)n2)COC(C)(C)C3)cc1. The zero-order chi connectivity index (χ0) is 18.0. The van der Waals surface area contributed by atoms with Gasteiger partial charge in [0.25, 0.3) is 0 Å². The number of carboxylic acids is 1. The summed E-state index contributed by atoms with van der Waals surface area (Å²) in [6.45, 7) is 4.44. The summed E-state index contributed by atoms with van der Waals surface area (Å²) in [7, 11) is 1.62. The molecule has 2 heterocycles. The van der Waals surface area contributed by atoms with E-state index in [1.54, 1.807) is 7.11 Å². The molecule has 0 saturated carbocycles. The third-order valence-electron chi connectivity index (χ3n) is 3.94. The molecule has 0 radical (unpaired) electrons. The van der Waals surface area contributed by atoms with Gasteiger partial charge >= 0.3 is 5.97 Å². The first-order valence-electron chi connectivity index (χ1n) is 7.91. The fourth-order valence-corrected chi connectivity index (χ4v) is 3.40. The Morgan fingerprint density at radius 2 is 2.04 bits per heavy atom. The molecule has 7 heteroatoms. The lowest BCUT2D eigenvalue weighted by molar-refractivity contribution is -0.133. The first-order valence-corrected chi connectivity index (χ1v) is 8.89. The van der Waals surface area contributed by atoms with Gasteiger partial charge < -0.3 is 14.6 Å². The van der Waals surface area contributed by atoms with Crippen molar-refractivity contribution in [3.63, 3.8) is 0 Å². The van der Waals surface area contributed by atoms with Gasteiger partial charge in [-0.3, -0.25) is 4.79 Å². The maximum absolute atomic E-state index is 11.0. The van der Waals surface area contributed by atoms with E-state index in [1.165, 1.54) is 11.8 Å². The minimum atomic E-state index is -0.875. The van der Waals surface area contributed by atoms with Crippen molar-refractivity contribution in [2.45, 2.75) is 37.5 Å². The summed E-state index contributed by atoms with van der Waals surface area (Å²) in [4.78, 5) is 20.3. The molecule has 25 heavy (non-hydrogen) atoms. The fourth-order valence-electron chi connectivity index (χ4n) is 2.64. The molecule has 3 rings (SSSR count). The van der Waals surface area contributed by atoms with E-state index >= 15 is 0 Å². The number of rotatable bonds is 5. The minimum absolute atomic E-state index is 0.0467. The number of hydrogen-bond acceptors (Lipinski definition) is 6. The number of aliphatic carboxylic acids is 1. The molecule has 0 saturated heterocycles. The van der Waals surface area contributed by atoms with Crippen molar-refractivity contribution in [3.05, 3.63) is 35.5 Å². The molecule has 6 nitrogen and oxygen atoms in total. The number of hydrogen-bond donors (Lipinski definition) is 1. The number of aromatic nitrogens is 2. The highest BCUT2D eigenvalue weighted by molar-refractivity contribution is 7.99. The Balaban J connectivity index is 2.03. The highest BCUT2D eigenvalue weighted by Gasteiger charge is 2.30. The average Bonchev–Trinajstić information content (AvgIpc) is 2.58. The van der Waals surface area contributed by atoms with Crippen molar-refractivity contribution in [1.29, 1.82) is 0 Å². The largest absolute Gasteiger partial charge is 0.497 e. The topological polar surface area (TPSA) is 81.5 Å². The van der Waals surface area contributed by atoms with Crippen LogP contribution >= 0.6 is 11.8 Å². The monoisotopic (exact) mass is 360 g/mol. The Morgan fingerprint density at radius 1 is 1.32 bits per heavy atom. The molecular formula is C18H20N2O4S. The van der Waals surface area contributed by atoms with E-state index in [2.05, 4.69) is 4.98 Å². The summed E-state index contributed by atoms with van der Waals surface area (Å²) in [6.07, 6.45) is 0.661. The summed E-state index contributed by atoms with van der Waals surface area (Å²) in [5, 5.41) is 9.67. The number of carboxylic acid groups (broad SMARTS) is 1. The standard InChI is InChI=1S/C18H20N2O4S/c1-18(2)8-14-13(9-24-18)17(25-10-15(21)22)20-16(19-14)11-4-6-12(23-3)7-5-11/h4-7H,8-10H2,1-3H3,(H,21,22). The normalized spacial score (nSPS) is 15.5. The van der Waals surface area contributed by atoms with Crippen LogP contribution in [0.25, 0.3) is 11.4 Å². The van der Waals surface area contributed by atoms with Crippen LogP contribution in [0.3, 0.4) is 0 Å². The highest BCUT2D eigenvalue weighted by atomic mass is 32.2. The van der Waals surface area contributed by atoms with Gasteiger partial charge in [-0.1, -0.05) is 11.8 Å². The van der Waals surface area contributed by atoms with Gasteiger partial charge in [0, 0.05) is 17.5 Å². The molecule has 0 fully saturated rings. The second-order valence-corrected chi connectivity index (χ2v) is 7.38. The molecular weight excluding hydrogens is 340 g/mol. The number of carbonyl (C=O) groups is 1. The molecule has 0 bridgehead atoms. The minimum Gasteiger partial charge on any atom is -0.497 e. The number of nitrogens with zero attached hydrogens (tertiary/aromatic N) is 2. The molecule has 1 aromatic carbocycles. The van der Waals surface area contributed by atoms with E-state index in [9.17, 15) is 4.79 Å². The maximum Gasteiger partial charge on any atom is 0.313 e. The number of benzene rings is 1. The van der Waals surface area contributed by atoms with Crippen LogP contribution < -0.4 is 4.74 Å². The number of thioether (sulfide) groups is 1. The van der Waals surface area contributed by atoms with Crippen LogP contribution in [0.1, 0.15) is 25.1 Å². The molecule has 0 amide bonds. The van der Waals surface area contributed by atoms with Crippen molar-refractivity contribution in [2.75, 3.05) is 12.9 Å². The van der Waals surface area contributed by atoms with Gasteiger partial charge in [-0.05, 0) is 38.1 Å². The molecule has 1 aliphatic rings. The molecule has 2 aromatic rings. The summed E-state index contributed by atoms with van der Waals surface area (Å²) < 4.78 is 11.0. The number of fused-ring (bicyclic) bond motifs is 1. The molecule has 1 aromatic heterocycles. The summed E-state index contributed by atoms with van der Waals surface area (Å²) in [5.41, 5.74) is 2.38. The van der Waals surface area contributed by atoms with Crippen molar-refractivity contribution >= 4 is 17.7 Å². The summed E-state index contributed by atoms with van der Waals surface area (Å²) in [5.74, 6) is 0.429. The van der Waals surface area contributed by atoms with E-state index in [1.807, 2.05) is 38.1 Å². The van der Waals surface area contributed by atoms with Crippen LogP contribution in [-0.4, -0.2) is 39.5 Å². The van der Waals surface area contributed by atoms with Crippen LogP contribution in [0.4, 0.5) is 0 Å². The third kappa shape index (κ3) is 4.11.